The average molecular weight is 448 g/mol. The van der Waals surface area contributed by atoms with Gasteiger partial charge in [-0.2, -0.15) is 0 Å². The third-order valence-electron chi connectivity index (χ3n) is 3.39. The van der Waals surface area contributed by atoms with Crippen LogP contribution >= 0.6 is 26.0 Å². The number of hydrogen-bond acceptors (Lipinski definition) is 0. The molecule has 0 aliphatic heterocycles. The molecule has 0 saturated heterocycles. The standard InChI is InChI=1S/C18H15P.Co.HI/c1-4-10-16(11-5-1)19(17-12-6-2-7-13-17)18-14-8-3-9-15-18;;/h1-15H;;1H/q;+1;/p-1. The van der Waals surface area contributed by atoms with Crippen LogP contribution in [-0.4, -0.2) is 0 Å². The molecule has 0 aliphatic rings. The second kappa shape index (κ2) is 7.06. The third kappa shape index (κ3) is 2.95. The first-order chi connectivity index (χ1) is 10.4. The van der Waals surface area contributed by atoms with E-state index in [1.807, 2.05) is 0 Å². The van der Waals surface area contributed by atoms with E-state index in [4.69, 9.17) is 0 Å². The molecule has 3 aromatic carbocycles. The summed E-state index contributed by atoms with van der Waals surface area (Å²) in [7, 11) is 1.43. The van der Waals surface area contributed by atoms with Crippen LogP contribution in [0.3, 0.4) is 0 Å². The third-order valence-corrected chi connectivity index (χ3v) is 15.7. The maximum atomic E-state index is 2.53. The Balaban J connectivity index is 2.35. The predicted molar refractivity (Wildman–Crippen MR) is 99.2 cm³/mol. The van der Waals surface area contributed by atoms with Crippen LogP contribution < -0.4 is 15.9 Å². The van der Waals surface area contributed by atoms with Gasteiger partial charge >= 0.3 is 143 Å². The van der Waals surface area contributed by atoms with E-state index in [2.05, 4.69) is 111 Å². The van der Waals surface area contributed by atoms with E-state index in [0.717, 1.165) is 0 Å². The molecule has 0 radical (unpaired) electrons. The molecule has 0 heterocycles. The molecular formula is C18H15CoIP. The van der Waals surface area contributed by atoms with Gasteiger partial charge in [-0.25, -0.2) is 0 Å². The van der Waals surface area contributed by atoms with Gasteiger partial charge in [-0.15, -0.1) is 0 Å². The van der Waals surface area contributed by atoms with Crippen LogP contribution in [0.25, 0.3) is 0 Å². The van der Waals surface area contributed by atoms with Gasteiger partial charge in [-0.1, -0.05) is 0 Å². The molecule has 3 rings (SSSR count). The molecule has 108 valence electrons. The molecule has 0 spiro atoms. The molecule has 0 amide bonds. The SMILES string of the molecule is [I][Co]=[P](c1ccccc1)(c1ccccc1)c1ccccc1. The molecule has 0 aromatic heterocycles. The van der Waals surface area contributed by atoms with Gasteiger partial charge in [0.15, 0.2) is 0 Å². The molecule has 0 bridgehead atoms. The molecule has 0 saturated carbocycles. The van der Waals surface area contributed by atoms with Crippen molar-refractivity contribution in [3.05, 3.63) is 91.0 Å². The fourth-order valence-electron chi connectivity index (χ4n) is 2.43. The van der Waals surface area contributed by atoms with Crippen LogP contribution in [0.1, 0.15) is 0 Å². The minimum absolute atomic E-state index is 1.43. The van der Waals surface area contributed by atoms with E-state index in [0.29, 0.717) is 0 Å². The predicted octanol–water partition coefficient (Wildman–Crippen LogP) is 4.33. The number of rotatable bonds is 3. The van der Waals surface area contributed by atoms with E-state index in [9.17, 15) is 0 Å². The number of benzene rings is 3. The molecule has 0 fully saturated rings. The van der Waals surface area contributed by atoms with Crippen molar-refractivity contribution >= 4 is 41.9 Å². The molecule has 3 aromatic rings. The van der Waals surface area contributed by atoms with E-state index >= 15 is 0 Å². The molecular weight excluding hydrogens is 433 g/mol. The van der Waals surface area contributed by atoms with Crippen molar-refractivity contribution in [1.82, 2.24) is 0 Å². The van der Waals surface area contributed by atoms with Gasteiger partial charge in [0.1, 0.15) is 0 Å². The topological polar surface area (TPSA) is 0 Å². The second-order valence-corrected chi connectivity index (χ2v) is 14.0. The van der Waals surface area contributed by atoms with E-state index in [-0.39, 0.29) is 0 Å². The Morgan fingerprint density at radius 1 is 0.524 bits per heavy atom. The van der Waals surface area contributed by atoms with Crippen molar-refractivity contribution in [3.63, 3.8) is 0 Å². The fourth-order valence-corrected chi connectivity index (χ4v) is 14.4. The van der Waals surface area contributed by atoms with Gasteiger partial charge in [0.2, 0.25) is 0 Å². The van der Waals surface area contributed by atoms with E-state index < -0.39 is 5.55 Å². The van der Waals surface area contributed by atoms with E-state index in [1.54, 1.807) is 0 Å². The van der Waals surface area contributed by atoms with Crippen LogP contribution in [0.2, 0.25) is 0 Å². The van der Waals surface area contributed by atoms with Crippen molar-refractivity contribution in [2.24, 2.45) is 0 Å². The van der Waals surface area contributed by atoms with Crippen molar-refractivity contribution in [3.8, 4) is 0 Å². The van der Waals surface area contributed by atoms with Gasteiger partial charge < -0.3 is 0 Å². The zero-order chi connectivity index (χ0) is 14.5. The van der Waals surface area contributed by atoms with E-state index in [1.165, 1.54) is 26.5 Å². The Labute approximate surface area is 142 Å². The first-order valence-corrected chi connectivity index (χ1v) is 13.1. The zero-order valence-electron chi connectivity index (χ0n) is 11.3. The summed E-state index contributed by atoms with van der Waals surface area (Å²) < 4.78 is 0. The van der Waals surface area contributed by atoms with Crippen LogP contribution in [-0.2, 0) is 10.6 Å². The van der Waals surface area contributed by atoms with Crippen molar-refractivity contribution < 1.29 is 10.6 Å². The molecule has 0 nitrogen and oxygen atoms in total. The second-order valence-electron chi connectivity index (χ2n) is 4.62. The van der Waals surface area contributed by atoms with Crippen molar-refractivity contribution in [1.29, 1.82) is 0 Å². The molecule has 0 unspecified atom stereocenters. The summed E-state index contributed by atoms with van der Waals surface area (Å²) in [5.74, 6) is 0. The Hall–Kier alpha value is -0.674. The normalized spacial score (nSPS) is 11.5. The first kappa shape index (κ1) is 15.2. The summed E-state index contributed by atoms with van der Waals surface area (Å²) in [6.07, 6.45) is 0. The average Bonchev–Trinajstić information content (AvgIpc) is 2.59. The molecule has 21 heavy (non-hydrogen) atoms. The van der Waals surface area contributed by atoms with Crippen LogP contribution in [0.4, 0.5) is 0 Å². The summed E-state index contributed by atoms with van der Waals surface area (Å²) in [4.78, 5) is 0. The quantitative estimate of drug-likeness (QED) is 0.414. The van der Waals surface area contributed by atoms with Crippen molar-refractivity contribution in [2.75, 3.05) is 0 Å². The summed E-state index contributed by atoms with van der Waals surface area (Å²) >= 11 is 2.53. The zero-order valence-corrected chi connectivity index (χ0v) is 15.4. The van der Waals surface area contributed by atoms with Gasteiger partial charge in [-0.3, -0.25) is 0 Å². The number of hydrogen-bond donors (Lipinski definition) is 0. The van der Waals surface area contributed by atoms with Gasteiger partial charge in [0.25, 0.3) is 0 Å². The van der Waals surface area contributed by atoms with Gasteiger partial charge in [0, 0.05) is 0 Å². The summed E-state index contributed by atoms with van der Waals surface area (Å²) in [5, 5.41) is 4.32. The monoisotopic (exact) mass is 448 g/mol. The Kier molecular flexibility index (Phi) is 5.12. The van der Waals surface area contributed by atoms with Crippen molar-refractivity contribution in [2.45, 2.75) is 0 Å². The molecule has 3 heteroatoms. The van der Waals surface area contributed by atoms with Crippen LogP contribution in [0, 0.1) is 0 Å². The fraction of sp³-hybridized carbons (Fsp3) is 0. The number of halogens is 1. The molecule has 0 atom stereocenters. The maximum absolute atomic E-state index is 2.53. The van der Waals surface area contributed by atoms with Gasteiger partial charge in [0.05, 0.1) is 0 Å². The Bertz CT molecular complexity index is 652. The van der Waals surface area contributed by atoms with Crippen LogP contribution in [0.5, 0.6) is 0 Å². The first-order valence-electron chi connectivity index (χ1n) is 6.68. The Morgan fingerprint density at radius 3 is 1.05 bits per heavy atom. The summed E-state index contributed by atoms with van der Waals surface area (Å²) in [5.41, 5.74) is -1.58. The molecule has 0 aliphatic carbocycles. The minimum atomic E-state index is -1.58. The summed E-state index contributed by atoms with van der Waals surface area (Å²) in [6.45, 7) is 0. The van der Waals surface area contributed by atoms with Crippen LogP contribution in [0.15, 0.2) is 91.0 Å². The summed E-state index contributed by atoms with van der Waals surface area (Å²) in [6, 6.07) is 32.8. The Morgan fingerprint density at radius 2 is 0.810 bits per heavy atom. The van der Waals surface area contributed by atoms with Gasteiger partial charge in [-0.05, 0) is 0 Å². The molecule has 0 N–H and O–H groups in total.